The molecular weight excluding hydrogens is 304 g/mol. The molecule has 0 bridgehead atoms. The highest BCUT2D eigenvalue weighted by Crippen LogP contribution is 2.43. The van der Waals surface area contributed by atoms with Crippen LogP contribution in [0.2, 0.25) is 0 Å². The second-order valence-electron chi connectivity index (χ2n) is 7.06. The van der Waals surface area contributed by atoms with Gasteiger partial charge in [0.15, 0.2) is 5.78 Å². The van der Waals surface area contributed by atoms with Crippen LogP contribution in [0.3, 0.4) is 0 Å². The summed E-state index contributed by atoms with van der Waals surface area (Å²) in [5.74, 6) is 0.0628. The van der Waals surface area contributed by atoms with Gasteiger partial charge in [0, 0.05) is 5.56 Å². The van der Waals surface area contributed by atoms with Gasteiger partial charge < -0.3 is 5.11 Å². The van der Waals surface area contributed by atoms with E-state index in [1.54, 1.807) is 12.1 Å². The van der Waals surface area contributed by atoms with Gasteiger partial charge in [-0.1, -0.05) is 31.4 Å². The number of nitrogens with zero attached hydrogens (tertiary/aromatic N) is 2. The minimum absolute atomic E-state index is 0.0420. The molecule has 3 rings (SSSR count). The van der Waals surface area contributed by atoms with Gasteiger partial charge in [0.05, 0.1) is 11.1 Å². The Morgan fingerprint density at radius 2 is 2.04 bits per heavy atom. The van der Waals surface area contributed by atoms with Crippen LogP contribution in [0.5, 0.6) is 5.75 Å². The van der Waals surface area contributed by atoms with Crippen molar-refractivity contribution in [1.29, 1.82) is 0 Å². The molecule has 0 aromatic heterocycles. The summed E-state index contributed by atoms with van der Waals surface area (Å²) in [7, 11) is 0. The first kappa shape index (κ1) is 16.7. The molecule has 1 aromatic carbocycles. The van der Waals surface area contributed by atoms with Gasteiger partial charge in [0.2, 0.25) is 0 Å². The van der Waals surface area contributed by atoms with Crippen molar-refractivity contribution in [3.63, 3.8) is 0 Å². The molecule has 1 amide bonds. The van der Waals surface area contributed by atoms with E-state index >= 15 is 0 Å². The first-order valence-electron chi connectivity index (χ1n) is 8.63. The maximum Gasteiger partial charge on any atom is 0.255 e. The van der Waals surface area contributed by atoms with Crippen LogP contribution in [0.25, 0.3) is 0 Å². The summed E-state index contributed by atoms with van der Waals surface area (Å²) in [5, 5.41) is 15.2. The third kappa shape index (κ3) is 2.83. The molecule has 1 fully saturated rings. The molecule has 1 N–H and O–H groups in total. The molecule has 1 heterocycles. The van der Waals surface area contributed by atoms with Crippen LogP contribution in [-0.2, 0) is 4.79 Å². The maximum atomic E-state index is 13.0. The van der Waals surface area contributed by atoms with Crippen LogP contribution in [-0.4, -0.2) is 34.1 Å². The lowest BCUT2D eigenvalue weighted by atomic mass is 9.67. The van der Waals surface area contributed by atoms with Crippen molar-refractivity contribution in [2.24, 2.45) is 16.4 Å². The number of aromatic hydroxyl groups is 1. The summed E-state index contributed by atoms with van der Waals surface area (Å²) in [4.78, 5) is 25.4. The third-order valence-corrected chi connectivity index (χ3v) is 5.58. The zero-order valence-electron chi connectivity index (χ0n) is 14.3. The van der Waals surface area contributed by atoms with Gasteiger partial charge in [0.25, 0.3) is 5.91 Å². The van der Waals surface area contributed by atoms with Crippen molar-refractivity contribution < 1.29 is 14.7 Å². The molecule has 1 aromatic rings. The lowest BCUT2D eigenvalue weighted by Crippen LogP contribution is -2.44. The smallest absolute Gasteiger partial charge is 0.255 e. The fourth-order valence-electron chi connectivity index (χ4n) is 3.92. The Balaban J connectivity index is 1.76. The Kier molecular flexibility index (Phi) is 4.43. The monoisotopic (exact) mass is 328 g/mol. The topological polar surface area (TPSA) is 70.0 Å². The summed E-state index contributed by atoms with van der Waals surface area (Å²) in [6.07, 6.45) is 5.63. The zero-order chi connectivity index (χ0) is 17.3. The van der Waals surface area contributed by atoms with Gasteiger partial charge >= 0.3 is 0 Å². The van der Waals surface area contributed by atoms with Gasteiger partial charge in [-0.15, -0.1) is 0 Å². The molecule has 1 atom stereocenters. The van der Waals surface area contributed by atoms with E-state index in [4.69, 9.17) is 0 Å². The number of Topliss-reactive ketones (excluding diaryl/α,β-unsaturated/α-hetero) is 1. The molecule has 5 heteroatoms. The maximum absolute atomic E-state index is 13.0. The number of carbonyl (C=O) groups is 2. The van der Waals surface area contributed by atoms with Gasteiger partial charge in [0.1, 0.15) is 12.3 Å². The summed E-state index contributed by atoms with van der Waals surface area (Å²) in [6, 6.07) is 6.19. The number of benzene rings is 1. The van der Waals surface area contributed by atoms with E-state index in [2.05, 4.69) is 5.10 Å². The molecule has 128 valence electrons. The van der Waals surface area contributed by atoms with Crippen molar-refractivity contribution in [3.05, 3.63) is 29.8 Å². The van der Waals surface area contributed by atoms with E-state index < -0.39 is 5.41 Å². The number of hydrogen-bond acceptors (Lipinski definition) is 4. The Labute approximate surface area is 142 Å². The quantitative estimate of drug-likeness (QED) is 0.861. The second kappa shape index (κ2) is 6.38. The average Bonchev–Trinajstić information content (AvgIpc) is 2.80. The van der Waals surface area contributed by atoms with E-state index in [1.807, 2.05) is 13.8 Å². The molecule has 0 spiro atoms. The third-order valence-electron chi connectivity index (χ3n) is 5.58. The van der Waals surface area contributed by atoms with Gasteiger partial charge in [-0.3, -0.25) is 9.59 Å². The lowest BCUT2D eigenvalue weighted by Gasteiger charge is -2.35. The largest absolute Gasteiger partial charge is 0.508 e. The van der Waals surface area contributed by atoms with E-state index in [9.17, 15) is 14.7 Å². The number of carbonyl (C=O) groups excluding carboxylic acids is 2. The average molecular weight is 328 g/mol. The van der Waals surface area contributed by atoms with Crippen molar-refractivity contribution >= 4 is 17.4 Å². The number of rotatable bonds is 4. The SMILES string of the molecule is CC1=NN(CC(=O)c2cccc(O)c2)C(=O)C1(C)C1CCCCC1. The van der Waals surface area contributed by atoms with Crippen LogP contribution >= 0.6 is 0 Å². The van der Waals surface area contributed by atoms with Crippen molar-refractivity contribution in [1.82, 2.24) is 5.01 Å². The summed E-state index contributed by atoms with van der Waals surface area (Å²) in [6.45, 7) is 3.79. The number of hydrazone groups is 1. The van der Waals surface area contributed by atoms with Crippen molar-refractivity contribution in [2.75, 3.05) is 6.54 Å². The number of amides is 1. The summed E-state index contributed by atoms with van der Waals surface area (Å²) < 4.78 is 0. The molecule has 1 aliphatic heterocycles. The number of phenolic OH excluding ortho intramolecular Hbond substituents is 1. The van der Waals surface area contributed by atoms with E-state index in [1.165, 1.54) is 23.6 Å². The predicted molar refractivity (Wildman–Crippen MR) is 91.9 cm³/mol. The van der Waals surface area contributed by atoms with Crippen molar-refractivity contribution in [3.8, 4) is 5.75 Å². The van der Waals surface area contributed by atoms with Gasteiger partial charge in [-0.25, -0.2) is 5.01 Å². The van der Waals surface area contributed by atoms with Gasteiger partial charge in [-0.05, 0) is 44.7 Å². The predicted octanol–water partition coefficient (Wildman–Crippen LogP) is 3.38. The highest BCUT2D eigenvalue weighted by Gasteiger charge is 2.50. The first-order valence-corrected chi connectivity index (χ1v) is 8.63. The number of hydrogen-bond donors (Lipinski definition) is 1. The zero-order valence-corrected chi connectivity index (χ0v) is 14.3. The normalized spacial score (nSPS) is 25.0. The lowest BCUT2D eigenvalue weighted by molar-refractivity contribution is -0.137. The highest BCUT2D eigenvalue weighted by atomic mass is 16.3. The van der Waals surface area contributed by atoms with Crippen LogP contribution in [0.1, 0.15) is 56.3 Å². The minimum atomic E-state index is -0.584. The van der Waals surface area contributed by atoms with E-state index in [0.29, 0.717) is 11.5 Å². The van der Waals surface area contributed by atoms with Gasteiger partial charge in [-0.2, -0.15) is 5.10 Å². The highest BCUT2D eigenvalue weighted by molar-refractivity contribution is 6.12. The Bertz CT molecular complexity index is 692. The summed E-state index contributed by atoms with van der Waals surface area (Å²) in [5.41, 5.74) is 0.615. The molecule has 0 radical (unpaired) electrons. The van der Waals surface area contributed by atoms with Crippen LogP contribution in [0.4, 0.5) is 0 Å². The molecule has 2 aliphatic rings. The minimum Gasteiger partial charge on any atom is -0.508 e. The van der Waals surface area contributed by atoms with Crippen LogP contribution < -0.4 is 0 Å². The molecule has 24 heavy (non-hydrogen) atoms. The molecule has 1 unspecified atom stereocenters. The van der Waals surface area contributed by atoms with Crippen LogP contribution in [0.15, 0.2) is 29.4 Å². The molecular formula is C19H24N2O3. The molecule has 1 saturated carbocycles. The van der Waals surface area contributed by atoms with Crippen molar-refractivity contribution in [2.45, 2.75) is 46.0 Å². The van der Waals surface area contributed by atoms with E-state index in [0.717, 1.165) is 31.4 Å². The molecule has 5 nitrogen and oxygen atoms in total. The Morgan fingerprint density at radius 1 is 1.33 bits per heavy atom. The fraction of sp³-hybridized carbons (Fsp3) is 0.526. The molecule has 1 aliphatic carbocycles. The Morgan fingerprint density at radius 3 is 2.71 bits per heavy atom. The first-order chi connectivity index (χ1) is 11.4. The molecule has 0 saturated heterocycles. The second-order valence-corrected chi connectivity index (χ2v) is 7.06. The van der Waals surface area contributed by atoms with Crippen LogP contribution in [0, 0.1) is 11.3 Å². The Hall–Kier alpha value is -2.17. The standard InChI is InChI=1S/C19H24N2O3/c1-13-19(2,15-8-4-3-5-9-15)18(24)21(20-13)12-17(23)14-7-6-10-16(22)11-14/h6-7,10-11,15,22H,3-5,8-9,12H2,1-2H3. The number of phenols is 1. The number of ketones is 1. The van der Waals surface area contributed by atoms with E-state index in [-0.39, 0.29) is 24.0 Å². The fourth-order valence-corrected chi connectivity index (χ4v) is 3.92. The summed E-state index contributed by atoms with van der Waals surface area (Å²) >= 11 is 0.